The number of rotatable bonds is 5. The van der Waals surface area contributed by atoms with Crippen LogP contribution in [0.5, 0.6) is 0 Å². The molecular weight excluding hydrogens is 418 g/mol. The number of thioether (sulfide) groups is 1. The van der Waals surface area contributed by atoms with Gasteiger partial charge in [-0.2, -0.15) is 13.2 Å². The molecule has 0 spiro atoms. The van der Waals surface area contributed by atoms with Crippen LogP contribution >= 0.6 is 23.4 Å². The number of amides is 1. The first-order chi connectivity index (χ1) is 13.2. The highest BCUT2D eigenvalue weighted by Gasteiger charge is 2.34. The number of carbonyl (C=O) groups is 1. The number of imidazole rings is 1. The van der Waals surface area contributed by atoms with E-state index in [-0.39, 0.29) is 16.5 Å². The van der Waals surface area contributed by atoms with Crippen LogP contribution in [0.4, 0.5) is 23.2 Å². The van der Waals surface area contributed by atoms with Crippen molar-refractivity contribution < 1.29 is 22.4 Å². The molecule has 0 fully saturated rings. The van der Waals surface area contributed by atoms with Gasteiger partial charge in [-0.15, -0.1) is 0 Å². The van der Waals surface area contributed by atoms with E-state index >= 15 is 0 Å². The fourth-order valence-corrected chi connectivity index (χ4v) is 3.34. The minimum Gasteiger partial charge on any atom is -0.325 e. The highest BCUT2D eigenvalue weighted by atomic mass is 35.5. The molecule has 28 heavy (non-hydrogen) atoms. The largest absolute Gasteiger partial charge is 0.418 e. The molecule has 1 heterocycles. The maximum atomic E-state index is 13.4. The smallest absolute Gasteiger partial charge is 0.325 e. The van der Waals surface area contributed by atoms with Crippen LogP contribution in [0, 0.1) is 5.82 Å². The number of anilines is 1. The van der Waals surface area contributed by atoms with Gasteiger partial charge >= 0.3 is 6.18 Å². The second-order valence-electron chi connectivity index (χ2n) is 5.58. The van der Waals surface area contributed by atoms with E-state index in [0.717, 1.165) is 23.9 Å². The SMILES string of the molecule is O=C(CSc1nccn1-c1cccc(F)c1)Nc1ccc(Cl)cc1C(F)(F)F. The Balaban J connectivity index is 1.71. The van der Waals surface area contributed by atoms with Gasteiger partial charge in [-0.1, -0.05) is 29.4 Å². The summed E-state index contributed by atoms with van der Waals surface area (Å²) in [5, 5.41) is 2.55. The van der Waals surface area contributed by atoms with Crippen LogP contribution in [-0.2, 0) is 11.0 Å². The minimum absolute atomic E-state index is 0.0863. The molecule has 2 aromatic carbocycles. The van der Waals surface area contributed by atoms with Crippen molar-refractivity contribution in [2.75, 3.05) is 11.1 Å². The summed E-state index contributed by atoms with van der Waals surface area (Å²) in [5.74, 6) is -1.26. The molecule has 3 aromatic rings. The van der Waals surface area contributed by atoms with Gasteiger partial charge < -0.3 is 5.32 Å². The molecule has 0 radical (unpaired) electrons. The Hall–Kier alpha value is -2.52. The standard InChI is InChI=1S/C18H12ClF4N3OS/c19-11-4-5-15(14(8-11)18(21,22)23)25-16(27)10-28-17-24-6-7-26(17)13-3-1-2-12(20)9-13/h1-9H,10H2,(H,25,27). The summed E-state index contributed by atoms with van der Waals surface area (Å²) in [4.78, 5) is 16.2. The number of aromatic nitrogens is 2. The number of benzene rings is 2. The molecule has 0 saturated carbocycles. The van der Waals surface area contributed by atoms with Crippen LogP contribution in [0.3, 0.4) is 0 Å². The zero-order valence-corrected chi connectivity index (χ0v) is 15.6. The Bertz CT molecular complexity index is 1010. The van der Waals surface area contributed by atoms with Crippen LogP contribution in [0.25, 0.3) is 5.69 Å². The molecule has 0 atom stereocenters. The lowest BCUT2D eigenvalue weighted by atomic mass is 10.1. The predicted octanol–water partition coefficient (Wildman–Crippen LogP) is 5.41. The first-order valence-corrected chi connectivity index (χ1v) is 9.19. The van der Waals surface area contributed by atoms with Gasteiger partial charge in [0.15, 0.2) is 5.16 Å². The Morgan fingerprint density at radius 1 is 1.21 bits per heavy atom. The minimum atomic E-state index is -4.66. The van der Waals surface area contributed by atoms with Gasteiger partial charge in [0, 0.05) is 17.4 Å². The summed E-state index contributed by atoms with van der Waals surface area (Å²) in [6, 6.07) is 8.90. The zero-order chi connectivity index (χ0) is 20.3. The van der Waals surface area contributed by atoms with Crippen molar-refractivity contribution in [3.63, 3.8) is 0 Å². The van der Waals surface area contributed by atoms with Gasteiger partial charge in [-0.05, 0) is 36.4 Å². The lowest BCUT2D eigenvalue weighted by Crippen LogP contribution is -2.18. The van der Waals surface area contributed by atoms with E-state index in [0.29, 0.717) is 10.8 Å². The van der Waals surface area contributed by atoms with E-state index in [9.17, 15) is 22.4 Å². The molecule has 0 aliphatic carbocycles. The molecule has 0 unspecified atom stereocenters. The number of hydrogen-bond donors (Lipinski definition) is 1. The van der Waals surface area contributed by atoms with Crippen LogP contribution in [0.1, 0.15) is 5.56 Å². The average Bonchev–Trinajstić information content (AvgIpc) is 3.09. The number of carbonyl (C=O) groups excluding carboxylic acids is 1. The van der Waals surface area contributed by atoms with E-state index in [4.69, 9.17) is 11.6 Å². The number of nitrogens with zero attached hydrogens (tertiary/aromatic N) is 2. The molecule has 1 aromatic heterocycles. The molecule has 4 nitrogen and oxygen atoms in total. The fraction of sp³-hybridized carbons (Fsp3) is 0.111. The van der Waals surface area contributed by atoms with Gasteiger partial charge in [-0.3, -0.25) is 9.36 Å². The third-order valence-electron chi connectivity index (χ3n) is 3.59. The Morgan fingerprint density at radius 2 is 2.00 bits per heavy atom. The van der Waals surface area contributed by atoms with Crippen LogP contribution in [0.2, 0.25) is 5.02 Å². The molecule has 1 amide bonds. The summed E-state index contributed by atoms with van der Waals surface area (Å²) in [5.41, 5.74) is -0.895. The van der Waals surface area contributed by atoms with Gasteiger partial charge in [0.25, 0.3) is 0 Å². The quantitative estimate of drug-likeness (QED) is 0.435. The number of alkyl halides is 3. The van der Waals surface area contributed by atoms with Crippen molar-refractivity contribution in [1.29, 1.82) is 0 Å². The third-order valence-corrected chi connectivity index (χ3v) is 4.79. The maximum absolute atomic E-state index is 13.4. The van der Waals surface area contributed by atoms with Crippen molar-refractivity contribution >= 4 is 35.0 Å². The summed E-state index contributed by atoms with van der Waals surface area (Å²) in [6.07, 6.45) is -1.59. The molecule has 0 bridgehead atoms. The first-order valence-electron chi connectivity index (χ1n) is 7.83. The van der Waals surface area contributed by atoms with Gasteiger partial charge in [0.05, 0.1) is 22.7 Å². The van der Waals surface area contributed by atoms with Crippen molar-refractivity contribution in [1.82, 2.24) is 9.55 Å². The number of hydrogen-bond acceptors (Lipinski definition) is 3. The van der Waals surface area contributed by atoms with Gasteiger partial charge in [-0.25, -0.2) is 9.37 Å². The molecule has 10 heteroatoms. The van der Waals surface area contributed by atoms with E-state index in [1.54, 1.807) is 16.8 Å². The summed E-state index contributed by atoms with van der Waals surface area (Å²) in [7, 11) is 0. The van der Waals surface area contributed by atoms with E-state index in [1.807, 2.05) is 0 Å². The molecule has 0 aliphatic heterocycles. The Morgan fingerprint density at radius 3 is 2.71 bits per heavy atom. The maximum Gasteiger partial charge on any atom is 0.418 e. The third kappa shape index (κ3) is 4.85. The molecule has 1 N–H and O–H groups in total. The topological polar surface area (TPSA) is 46.9 Å². The first kappa shape index (κ1) is 20.2. The Labute approximate surface area is 166 Å². The zero-order valence-electron chi connectivity index (χ0n) is 14.0. The van der Waals surface area contributed by atoms with E-state index < -0.39 is 23.5 Å². The van der Waals surface area contributed by atoms with Gasteiger partial charge in [0.1, 0.15) is 5.82 Å². The predicted molar refractivity (Wildman–Crippen MR) is 99.3 cm³/mol. The second-order valence-corrected chi connectivity index (χ2v) is 6.96. The van der Waals surface area contributed by atoms with Gasteiger partial charge in [0.2, 0.25) is 5.91 Å². The summed E-state index contributed by atoms with van der Waals surface area (Å²) in [6.45, 7) is 0. The molecular formula is C18H12ClF4N3OS. The van der Waals surface area contributed by atoms with Crippen molar-refractivity contribution in [3.8, 4) is 5.69 Å². The lowest BCUT2D eigenvalue weighted by molar-refractivity contribution is -0.137. The van der Waals surface area contributed by atoms with Crippen molar-refractivity contribution in [2.24, 2.45) is 0 Å². The summed E-state index contributed by atoms with van der Waals surface area (Å²) >= 11 is 6.63. The number of nitrogens with one attached hydrogen (secondary N) is 1. The van der Waals surface area contributed by atoms with Crippen LogP contribution in [0.15, 0.2) is 60.0 Å². The number of halogens is 5. The molecule has 146 valence electrons. The van der Waals surface area contributed by atoms with Crippen molar-refractivity contribution in [3.05, 3.63) is 71.3 Å². The monoisotopic (exact) mass is 429 g/mol. The van der Waals surface area contributed by atoms with Crippen LogP contribution < -0.4 is 5.32 Å². The molecule has 3 rings (SSSR count). The molecule has 0 aliphatic rings. The average molecular weight is 430 g/mol. The van der Waals surface area contributed by atoms with E-state index in [2.05, 4.69) is 10.3 Å². The highest BCUT2D eigenvalue weighted by Crippen LogP contribution is 2.36. The van der Waals surface area contributed by atoms with Crippen LogP contribution in [-0.4, -0.2) is 21.2 Å². The Kier molecular flexibility index (Phi) is 5.95. The second kappa shape index (κ2) is 8.24. The highest BCUT2D eigenvalue weighted by molar-refractivity contribution is 7.99. The normalized spacial score (nSPS) is 11.5. The van der Waals surface area contributed by atoms with E-state index in [1.165, 1.54) is 30.5 Å². The summed E-state index contributed by atoms with van der Waals surface area (Å²) < 4.78 is 54.3. The lowest BCUT2D eigenvalue weighted by Gasteiger charge is -2.14. The van der Waals surface area contributed by atoms with Crippen molar-refractivity contribution in [2.45, 2.75) is 11.3 Å². The fourth-order valence-electron chi connectivity index (χ4n) is 2.40. The molecule has 0 saturated heterocycles.